The number of ketones is 1. The predicted molar refractivity (Wildman–Crippen MR) is 175 cm³/mol. The molecule has 0 saturated carbocycles. The van der Waals surface area contributed by atoms with Gasteiger partial charge in [0.2, 0.25) is 0 Å². The Bertz CT molecular complexity index is 1580. The number of allylic oxidation sites excluding steroid dienone is 2. The zero-order valence-electron chi connectivity index (χ0n) is 25.9. The number of rotatable bonds is 9. The average molecular weight is 756 g/mol. The van der Waals surface area contributed by atoms with Crippen LogP contribution in [0.1, 0.15) is 58.9 Å². The number of aromatic nitrogens is 1. The van der Waals surface area contributed by atoms with Gasteiger partial charge in [0.1, 0.15) is 0 Å². The number of carbonyl (C=O) groups is 1. The topological polar surface area (TPSA) is 74.0 Å². The molecule has 1 heterocycles. The third-order valence-electron chi connectivity index (χ3n) is 7.86. The Hall–Kier alpha value is -3.10. The Kier molecular flexibility index (Phi) is 13.3. The normalized spacial score (nSPS) is 11.7. The molecular formula is C36H43IrN2O2Si-. The summed E-state index contributed by atoms with van der Waals surface area (Å²) in [5.41, 5.74) is 2.41. The summed E-state index contributed by atoms with van der Waals surface area (Å²) in [4.78, 5) is 16.3. The van der Waals surface area contributed by atoms with Gasteiger partial charge in [-0.3, -0.25) is 9.78 Å². The molecule has 0 amide bonds. The molecule has 4 rings (SSSR count). The molecule has 0 aliphatic heterocycles. The quantitative estimate of drug-likeness (QED) is 0.0801. The minimum Gasteiger partial charge on any atom is -0.512 e. The number of nitrogens with zero attached hydrogens (tertiary/aromatic N) is 2. The molecule has 4 aromatic rings. The summed E-state index contributed by atoms with van der Waals surface area (Å²) in [6.07, 6.45) is 6.75. The number of fused-ring (bicyclic) bond motifs is 2. The van der Waals surface area contributed by atoms with Gasteiger partial charge in [-0.2, -0.15) is 5.26 Å². The molecule has 0 spiro atoms. The van der Waals surface area contributed by atoms with Crippen LogP contribution in [0, 0.1) is 29.2 Å². The summed E-state index contributed by atoms with van der Waals surface area (Å²) < 4.78 is 0. The molecule has 0 unspecified atom stereocenters. The number of pyridine rings is 1. The van der Waals surface area contributed by atoms with Crippen LogP contribution in [0.4, 0.5) is 0 Å². The second kappa shape index (κ2) is 15.9. The van der Waals surface area contributed by atoms with E-state index in [0.29, 0.717) is 5.56 Å². The minimum atomic E-state index is -1.37. The van der Waals surface area contributed by atoms with Crippen molar-refractivity contribution in [3.8, 4) is 17.3 Å². The van der Waals surface area contributed by atoms with Gasteiger partial charge in [0.25, 0.3) is 0 Å². The molecule has 4 nitrogen and oxygen atoms in total. The van der Waals surface area contributed by atoms with Crippen LogP contribution in [-0.2, 0) is 24.9 Å². The molecular weight excluding hydrogens is 713 g/mol. The van der Waals surface area contributed by atoms with Gasteiger partial charge in [0.05, 0.1) is 19.9 Å². The number of nitriles is 1. The molecule has 0 aliphatic carbocycles. The van der Waals surface area contributed by atoms with E-state index >= 15 is 0 Å². The fraction of sp³-hybridized carbons (Fsp3) is 0.361. The van der Waals surface area contributed by atoms with Gasteiger partial charge in [-0.1, -0.05) is 99.9 Å². The molecule has 1 N–H and O–H groups in total. The van der Waals surface area contributed by atoms with E-state index in [9.17, 15) is 15.2 Å². The van der Waals surface area contributed by atoms with Crippen LogP contribution in [0.3, 0.4) is 0 Å². The molecule has 0 aliphatic rings. The van der Waals surface area contributed by atoms with Crippen molar-refractivity contribution in [2.75, 3.05) is 0 Å². The number of benzene rings is 3. The molecule has 6 heteroatoms. The smallest absolute Gasteiger partial charge is 0.162 e. The standard InChI is InChI=1S/C23H19N2Si.C13H24O2.Ir/c1-26(2,3)20-8-9-22-17(14-20)10-11-25-23(22)18-12-16-6-4-5-7-21(16)19(13-18)15-24;1-5-10(6-2)12(14)9-13(15)11(7-3)8-4;/h4-11,13-14H,1-3H3;9-11,14H,5-8H2,1-4H3;/q-1;;/b;12-9-;. The zero-order valence-corrected chi connectivity index (χ0v) is 29.3. The van der Waals surface area contributed by atoms with Gasteiger partial charge in [-0.15, -0.1) is 23.6 Å². The number of hydrogen-bond acceptors (Lipinski definition) is 4. The van der Waals surface area contributed by atoms with Crippen molar-refractivity contribution in [2.45, 2.75) is 73.0 Å². The van der Waals surface area contributed by atoms with Crippen molar-refractivity contribution in [1.82, 2.24) is 4.98 Å². The van der Waals surface area contributed by atoms with Crippen LogP contribution in [0.5, 0.6) is 0 Å². The summed E-state index contributed by atoms with van der Waals surface area (Å²) in [6.45, 7) is 15.1. The van der Waals surface area contributed by atoms with Crippen LogP contribution in [0.2, 0.25) is 19.6 Å². The first-order valence-corrected chi connectivity index (χ1v) is 18.3. The SMILES string of the molecule is CCC(CC)C(=O)/C=C(\O)C(CC)CC.C[Si](C)(C)c1ccc2c(-c3[c-]c4ccccc4c(C#N)c3)nccc2c1.[Ir]. The van der Waals surface area contributed by atoms with Gasteiger partial charge < -0.3 is 5.11 Å². The third-order valence-corrected chi connectivity index (χ3v) is 9.91. The summed E-state index contributed by atoms with van der Waals surface area (Å²) in [7, 11) is -1.37. The van der Waals surface area contributed by atoms with Crippen molar-refractivity contribution in [2.24, 2.45) is 11.8 Å². The monoisotopic (exact) mass is 756 g/mol. The van der Waals surface area contributed by atoms with Gasteiger partial charge in [-0.25, -0.2) is 0 Å². The van der Waals surface area contributed by atoms with Crippen molar-refractivity contribution < 1.29 is 30.0 Å². The Labute approximate surface area is 266 Å². The molecule has 1 aromatic heterocycles. The second-order valence-electron chi connectivity index (χ2n) is 11.6. The number of carbonyl (C=O) groups excluding carboxylic acids is 1. The van der Waals surface area contributed by atoms with Gasteiger partial charge >= 0.3 is 0 Å². The fourth-order valence-electron chi connectivity index (χ4n) is 5.09. The molecule has 0 fully saturated rings. The predicted octanol–water partition coefficient (Wildman–Crippen LogP) is 9.14. The summed E-state index contributed by atoms with van der Waals surface area (Å²) in [5, 5.41) is 24.9. The Balaban J connectivity index is 0.000000334. The summed E-state index contributed by atoms with van der Waals surface area (Å²) in [5.74, 6) is 0.547. The summed E-state index contributed by atoms with van der Waals surface area (Å²) >= 11 is 0. The average Bonchev–Trinajstić information content (AvgIpc) is 2.97. The van der Waals surface area contributed by atoms with Gasteiger partial charge in [0.15, 0.2) is 5.78 Å². The van der Waals surface area contributed by atoms with E-state index in [2.05, 4.69) is 61.0 Å². The van der Waals surface area contributed by atoms with E-state index in [4.69, 9.17) is 0 Å². The maximum atomic E-state index is 11.7. The number of hydrogen-bond donors (Lipinski definition) is 1. The number of aliphatic hydroxyl groups is 1. The fourth-order valence-corrected chi connectivity index (χ4v) is 6.26. The largest absolute Gasteiger partial charge is 0.512 e. The maximum Gasteiger partial charge on any atom is 0.162 e. The summed E-state index contributed by atoms with van der Waals surface area (Å²) in [6, 6.07) is 24.3. The van der Waals surface area contributed by atoms with E-state index in [0.717, 1.165) is 53.1 Å². The molecule has 1 radical (unpaired) electrons. The van der Waals surface area contributed by atoms with E-state index in [1.54, 1.807) is 0 Å². The van der Waals surface area contributed by atoms with E-state index in [-0.39, 0.29) is 43.5 Å². The Morgan fingerprint density at radius 2 is 1.60 bits per heavy atom. The third kappa shape index (κ3) is 8.48. The molecule has 42 heavy (non-hydrogen) atoms. The van der Waals surface area contributed by atoms with Gasteiger partial charge in [-0.05, 0) is 48.1 Å². The van der Waals surface area contributed by atoms with Crippen molar-refractivity contribution in [3.05, 3.63) is 84.3 Å². The molecule has 0 bridgehead atoms. The first-order chi connectivity index (χ1) is 19.6. The van der Waals surface area contributed by atoms with Crippen LogP contribution in [0.25, 0.3) is 32.8 Å². The first-order valence-electron chi connectivity index (χ1n) is 14.8. The van der Waals surface area contributed by atoms with Gasteiger partial charge in [0, 0.05) is 49.9 Å². The van der Waals surface area contributed by atoms with Crippen LogP contribution < -0.4 is 5.19 Å². The van der Waals surface area contributed by atoms with Crippen LogP contribution in [-0.4, -0.2) is 23.9 Å². The zero-order chi connectivity index (χ0) is 30.2. The molecule has 0 atom stereocenters. The molecule has 3 aromatic carbocycles. The van der Waals surface area contributed by atoms with Crippen molar-refractivity contribution >= 4 is 40.6 Å². The van der Waals surface area contributed by atoms with E-state index < -0.39 is 8.07 Å². The molecule has 223 valence electrons. The van der Waals surface area contributed by atoms with Crippen LogP contribution >= 0.6 is 0 Å². The molecule has 0 saturated heterocycles. The van der Waals surface area contributed by atoms with Crippen molar-refractivity contribution in [3.63, 3.8) is 0 Å². The first kappa shape index (κ1) is 35.1. The number of aliphatic hydroxyl groups excluding tert-OH is 1. The minimum absolute atomic E-state index is 0. The Morgan fingerprint density at radius 3 is 2.19 bits per heavy atom. The van der Waals surface area contributed by atoms with Crippen LogP contribution in [0.15, 0.2) is 72.6 Å². The van der Waals surface area contributed by atoms with E-state index in [1.165, 1.54) is 16.6 Å². The second-order valence-corrected chi connectivity index (χ2v) is 16.7. The van der Waals surface area contributed by atoms with Crippen molar-refractivity contribution in [1.29, 1.82) is 5.26 Å². The maximum absolute atomic E-state index is 11.7. The van der Waals surface area contributed by atoms with E-state index in [1.807, 2.05) is 64.2 Å². The Morgan fingerprint density at radius 1 is 0.952 bits per heavy atom.